The lowest BCUT2D eigenvalue weighted by molar-refractivity contribution is -0.116. The number of ether oxygens (including phenoxy) is 2. The number of H-pyrrole nitrogens is 1. The lowest BCUT2D eigenvalue weighted by Gasteiger charge is -2.08. The molecular formula is C19H23N5O3S. The predicted octanol–water partition coefficient (Wildman–Crippen LogP) is 2.67. The van der Waals surface area contributed by atoms with Crippen LogP contribution in [-0.2, 0) is 22.5 Å². The summed E-state index contributed by atoms with van der Waals surface area (Å²) in [7, 11) is 1.59. The van der Waals surface area contributed by atoms with Crippen molar-refractivity contribution in [1.82, 2.24) is 19.5 Å². The number of aromatic amines is 1. The summed E-state index contributed by atoms with van der Waals surface area (Å²) >= 11 is 5.44. The Kier molecular flexibility index (Phi) is 6.37. The van der Waals surface area contributed by atoms with Crippen LogP contribution in [0, 0.1) is 4.77 Å². The molecule has 0 aliphatic carbocycles. The molecule has 0 bridgehead atoms. The first kappa shape index (κ1) is 20.0. The van der Waals surface area contributed by atoms with Crippen molar-refractivity contribution in [3.63, 3.8) is 0 Å². The van der Waals surface area contributed by atoms with Crippen molar-refractivity contribution in [2.24, 2.45) is 0 Å². The van der Waals surface area contributed by atoms with E-state index < -0.39 is 0 Å². The molecule has 0 aliphatic heterocycles. The Hall–Kier alpha value is -2.78. The number of rotatable bonds is 9. The summed E-state index contributed by atoms with van der Waals surface area (Å²) in [4.78, 5) is 22.8. The van der Waals surface area contributed by atoms with Gasteiger partial charge in [-0.3, -0.25) is 4.57 Å². The zero-order chi connectivity index (χ0) is 20.1. The molecule has 0 saturated carbocycles. The number of aryl methyl sites for hydroxylation is 1. The van der Waals surface area contributed by atoms with Gasteiger partial charge < -0.3 is 25.0 Å². The minimum Gasteiger partial charge on any atom is -0.461 e. The summed E-state index contributed by atoms with van der Waals surface area (Å²) in [5.74, 6) is 0.469. The van der Waals surface area contributed by atoms with Gasteiger partial charge in [-0.15, -0.1) is 0 Å². The Morgan fingerprint density at radius 1 is 1.21 bits per heavy atom. The van der Waals surface area contributed by atoms with Gasteiger partial charge in [-0.25, -0.2) is 0 Å². The summed E-state index contributed by atoms with van der Waals surface area (Å²) < 4.78 is 12.8. The zero-order valence-corrected chi connectivity index (χ0v) is 16.7. The second kappa shape index (κ2) is 8.94. The second-order valence-corrected chi connectivity index (χ2v) is 6.85. The normalized spacial score (nSPS) is 11.1. The summed E-state index contributed by atoms with van der Waals surface area (Å²) in [5, 5.41) is 0. The van der Waals surface area contributed by atoms with Crippen LogP contribution in [-0.4, -0.2) is 45.6 Å². The first-order chi connectivity index (χ1) is 13.5. The Morgan fingerprint density at radius 2 is 1.93 bits per heavy atom. The number of nitrogens with one attached hydrogen (secondary N) is 1. The van der Waals surface area contributed by atoms with Crippen LogP contribution in [0.4, 0.5) is 5.82 Å². The fraction of sp³-hybridized carbons (Fsp3) is 0.368. The molecule has 0 radical (unpaired) electrons. The van der Waals surface area contributed by atoms with Gasteiger partial charge in [0.15, 0.2) is 16.2 Å². The molecule has 0 saturated heterocycles. The van der Waals surface area contributed by atoms with E-state index in [1.807, 2.05) is 28.8 Å². The van der Waals surface area contributed by atoms with Crippen molar-refractivity contribution in [3.05, 3.63) is 40.2 Å². The van der Waals surface area contributed by atoms with E-state index in [-0.39, 0.29) is 17.6 Å². The molecule has 8 nitrogen and oxygen atoms in total. The van der Waals surface area contributed by atoms with Crippen LogP contribution in [0.1, 0.15) is 24.5 Å². The Labute approximate surface area is 167 Å². The van der Waals surface area contributed by atoms with Crippen molar-refractivity contribution in [1.29, 1.82) is 0 Å². The molecule has 1 aromatic carbocycles. The molecule has 148 valence electrons. The van der Waals surface area contributed by atoms with Gasteiger partial charge in [0.2, 0.25) is 0 Å². The highest BCUT2D eigenvalue weighted by Gasteiger charge is 2.13. The number of imidazole rings is 1. The predicted molar refractivity (Wildman–Crippen MR) is 109 cm³/mol. The molecule has 3 N–H and O–H groups in total. The quantitative estimate of drug-likeness (QED) is 0.419. The first-order valence-electron chi connectivity index (χ1n) is 8.93. The molecule has 0 atom stereocenters. The van der Waals surface area contributed by atoms with E-state index in [2.05, 4.69) is 15.0 Å². The Bertz CT molecular complexity index is 1030. The molecular weight excluding hydrogens is 378 g/mol. The van der Waals surface area contributed by atoms with E-state index in [1.165, 1.54) is 0 Å². The van der Waals surface area contributed by atoms with Crippen LogP contribution in [0.25, 0.3) is 11.2 Å². The third-order valence-corrected chi connectivity index (χ3v) is 4.60. The maximum Gasteiger partial charge on any atom is 0.320 e. The minimum atomic E-state index is 0.185. The standard InChI is InChI=1S/C19H23N5O3S/c1-12(25)3-4-13-5-7-14(8-6-13)11-24-17-15(21-19(24)28)16(20)22-18(23-17)27-10-9-26-2/h5-8H,3-4,9-11H2,1-2H3,(H,21,28)(H2,20,22,23). The summed E-state index contributed by atoms with van der Waals surface area (Å²) in [6, 6.07) is 8.29. The average molecular weight is 401 g/mol. The van der Waals surface area contributed by atoms with Crippen LogP contribution >= 0.6 is 12.2 Å². The largest absolute Gasteiger partial charge is 0.461 e. The van der Waals surface area contributed by atoms with E-state index in [4.69, 9.17) is 27.4 Å². The molecule has 3 rings (SSSR count). The number of hydrogen-bond donors (Lipinski definition) is 2. The smallest absolute Gasteiger partial charge is 0.320 e. The lowest BCUT2D eigenvalue weighted by atomic mass is 10.1. The SMILES string of the molecule is COCCOc1nc(N)c2[nH]c(=S)n(Cc3ccc(CCC(C)=O)cc3)c2n1. The molecule has 3 aromatic rings. The molecule has 2 aromatic heterocycles. The van der Waals surface area contributed by atoms with Gasteiger partial charge in [0, 0.05) is 13.5 Å². The number of ketones is 1. The lowest BCUT2D eigenvalue weighted by Crippen LogP contribution is -2.09. The molecule has 28 heavy (non-hydrogen) atoms. The highest BCUT2D eigenvalue weighted by Crippen LogP contribution is 2.21. The summed E-state index contributed by atoms with van der Waals surface area (Å²) in [5.41, 5.74) is 9.39. The van der Waals surface area contributed by atoms with E-state index in [0.29, 0.717) is 42.1 Å². The average Bonchev–Trinajstić information content (AvgIpc) is 2.98. The van der Waals surface area contributed by atoms with Gasteiger partial charge in [0.1, 0.15) is 17.9 Å². The number of Topliss-reactive ketones (excluding diaryl/α,β-unsaturated/α-hetero) is 1. The van der Waals surface area contributed by atoms with Gasteiger partial charge in [-0.1, -0.05) is 24.3 Å². The van der Waals surface area contributed by atoms with Crippen LogP contribution in [0.15, 0.2) is 24.3 Å². The number of hydrogen-bond acceptors (Lipinski definition) is 7. The highest BCUT2D eigenvalue weighted by atomic mass is 32.1. The van der Waals surface area contributed by atoms with E-state index >= 15 is 0 Å². The van der Waals surface area contributed by atoms with Crippen LogP contribution in [0.5, 0.6) is 6.01 Å². The van der Waals surface area contributed by atoms with Crippen molar-refractivity contribution >= 4 is 35.0 Å². The number of methoxy groups -OCH3 is 1. The van der Waals surface area contributed by atoms with Crippen molar-refractivity contribution in [2.45, 2.75) is 26.3 Å². The van der Waals surface area contributed by atoms with Gasteiger partial charge in [0.25, 0.3) is 0 Å². The maximum atomic E-state index is 11.1. The fourth-order valence-corrected chi connectivity index (χ4v) is 3.03. The third kappa shape index (κ3) is 4.73. The highest BCUT2D eigenvalue weighted by molar-refractivity contribution is 7.71. The molecule has 0 spiro atoms. The van der Waals surface area contributed by atoms with Crippen LogP contribution in [0.2, 0.25) is 0 Å². The molecule has 0 fully saturated rings. The van der Waals surface area contributed by atoms with E-state index in [1.54, 1.807) is 14.0 Å². The van der Waals surface area contributed by atoms with Gasteiger partial charge >= 0.3 is 6.01 Å². The van der Waals surface area contributed by atoms with Gasteiger partial charge in [-0.05, 0) is 36.7 Å². The molecule has 0 amide bonds. The number of aromatic nitrogens is 4. The number of nitrogen functional groups attached to an aromatic ring is 1. The maximum absolute atomic E-state index is 11.1. The van der Waals surface area contributed by atoms with Crippen molar-refractivity contribution in [3.8, 4) is 6.01 Å². The number of benzene rings is 1. The Balaban J connectivity index is 1.84. The molecule has 0 aliphatic rings. The molecule has 2 heterocycles. The zero-order valence-electron chi connectivity index (χ0n) is 15.9. The van der Waals surface area contributed by atoms with Crippen LogP contribution in [0.3, 0.4) is 0 Å². The van der Waals surface area contributed by atoms with Crippen molar-refractivity contribution < 1.29 is 14.3 Å². The number of fused-ring (bicyclic) bond motifs is 1. The van der Waals surface area contributed by atoms with Crippen LogP contribution < -0.4 is 10.5 Å². The summed E-state index contributed by atoms with van der Waals surface area (Å²) in [6.45, 7) is 2.89. The topological polar surface area (TPSA) is 108 Å². The summed E-state index contributed by atoms with van der Waals surface area (Å²) in [6.07, 6.45) is 1.29. The number of carbonyl (C=O) groups excluding carboxylic acids is 1. The van der Waals surface area contributed by atoms with Gasteiger partial charge in [0.05, 0.1) is 13.2 Å². The van der Waals surface area contributed by atoms with E-state index in [9.17, 15) is 4.79 Å². The fourth-order valence-electron chi connectivity index (χ4n) is 2.77. The van der Waals surface area contributed by atoms with Gasteiger partial charge in [-0.2, -0.15) is 9.97 Å². The molecule has 9 heteroatoms. The minimum absolute atomic E-state index is 0.185. The first-order valence-corrected chi connectivity index (χ1v) is 9.33. The number of anilines is 1. The third-order valence-electron chi connectivity index (χ3n) is 4.28. The molecule has 0 unspecified atom stereocenters. The number of carbonyl (C=O) groups is 1. The monoisotopic (exact) mass is 401 g/mol. The number of nitrogens with zero attached hydrogens (tertiary/aromatic N) is 3. The Morgan fingerprint density at radius 3 is 2.61 bits per heavy atom. The van der Waals surface area contributed by atoms with E-state index in [0.717, 1.165) is 17.5 Å². The number of nitrogens with two attached hydrogens (primary N) is 1. The van der Waals surface area contributed by atoms with Crippen molar-refractivity contribution in [2.75, 3.05) is 26.1 Å². The second-order valence-electron chi connectivity index (χ2n) is 6.47.